The first-order valence-electron chi connectivity index (χ1n) is 16.8. The molecule has 14 nitrogen and oxygen atoms in total. The summed E-state index contributed by atoms with van der Waals surface area (Å²) in [7, 11) is -3.30. The van der Waals surface area contributed by atoms with Crippen molar-refractivity contribution in [3.05, 3.63) is 125 Å². The molecule has 0 radical (unpaired) electrons. The number of benzene rings is 6. The maximum atomic E-state index is 12.7. The number of nitrogens with one attached hydrogen (secondary N) is 1. The number of azo groups is 3. The molecule has 0 atom stereocenters. The Kier molecular flexibility index (Phi) is 10.8. The van der Waals surface area contributed by atoms with Crippen LogP contribution in [0, 0.1) is 27.7 Å². The fraction of sp³-hybridized carbons (Fsp3) is 0.125. The summed E-state index contributed by atoms with van der Waals surface area (Å²) in [5.41, 5.74) is 12.3. The fourth-order valence-electron chi connectivity index (χ4n) is 5.59. The molecular weight excluding hydrogens is 721 g/mol. The van der Waals surface area contributed by atoms with Crippen LogP contribution in [-0.2, 0) is 10.1 Å². The van der Waals surface area contributed by atoms with Crippen LogP contribution in [0.15, 0.2) is 133 Å². The van der Waals surface area contributed by atoms with E-state index in [0.29, 0.717) is 62.3 Å². The highest BCUT2D eigenvalue weighted by molar-refractivity contribution is 7.86. The minimum atomic E-state index is -4.88. The Bertz CT molecular complexity index is 2680. The zero-order valence-electron chi connectivity index (χ0n) is 30.4. The lowest BCUT2D eigenvalue weighted by atomic mass is 10.1. The van der Waals surface area contributed by atoms with Crippen LogP contribution in [0.25, 0.3) is 10.8 Å². The van der Waals surface area contributed by atoms with Crippen molar-refractivity contribution < 1.29 is 27.6 Å². The van der Waals surface area contributed by atoms with Crippen LogP contribution < -0.4 is 15.8 Å². The summed E-state index contributed by atoms with van der Waals surface area (Å²) in [4.78, 5) is 12.1. The van der Waals surface area contributed by atoms with Gasteiger partial charge in [-0.2, -0.15) is 28.9 Å². The van der Waals surface area contributed by atoms with Crippen molar-refractivity contribution in [3.63, 3.8) is 0 Å². The van der Waals surface area contributed by atoms with Crippen molar-refractivity contribution in [2.24, 2.45) is 30.7 Å². The second kappa shape index (κ2) is 15.6. The van der Waals surface area contributed by atoms with E-state index >= 15 is 0 Å². The molecule has 0 aliphatic carbocycles. The Morgan fingerprint density at radius 1 is 0.673 bits per heavy atom. The van der Waals surface area contributed by atoms with Gasteiger partial charge in [-0.05, 0) is 140 Å². The second-order valence-corrected chi connectivity index (χ2v) is 14.1. The first kappa shape index (κ1) is 37.9. The summed E-state index contributed by atoms with van der Waals surface area (Å²) in [5.74, 6) is -0.331. The molecule has 278 valence electrons. The number of phenolic OH excluding ortho intramolecular Hbond substituents is 1. The number of hydrogen-bond donors (Lipinski definition) is 4. The number of nitrogen functional groups attached to an aromatic ring is 1. The Balaban J connectivity index is 1.25. The molecule has 6 rings (SSSR count). The molecule has 0 bridgehead atoms. The third-order valence-corrected chi connectivity index (χ3v) is 9.53. The second-order valence-electron chi connectivity index (χ2n) is 12.7. The first-order chi connectivity index (χ1) is 26.2. The topological polar surface area (TPSA) is 213 Å². The molecule has 1 amide bonds. The Morgan fingerprint density at radius 3 is 1.71 bits per heavy atom. The minimum absolute atomic E-state index is 0.216. The minimum Gasteiger partial charge on any atom is -0.505 e. The van der Waals surface area contributed by atoms with Gasteiger partial charge in [0.1, 0.15) is 22.0 Å². The van der Waals surface area contributed by atoms with Gasteiger partial charge in [-0.15, -0.1) is 10.2 Å². The lowest BCUT2D eigenvalue weighted by molar-refractivity contribution is 0.102. The predicted octanol–water partition coefficient (Wildman–Crippen LogP) is 11.1. The molecule has 6 aromatic rings. The molecule has 0 unspecified atom stereocenters. The quantitative estimate of drug-likeness (QED) is 0.0602. The fourth-order valence-corrected chi connectivity index (χ4v) is 6.25. The Morgan fingerprint density at radius 2 is 1.18 bits per heavy atom. The van der Waals surface area contributed by atoms with Gasteiger partial charge in [-0.1, -0.05) is 12.1 Å². The predicted molar refractivity (Wildman–Crippen MR) is 212 cm³/mol. The molecular formula is C40H36N8O6S. The molecule has 0 heterocycles. The molecule has 0 fully saturated rings. The monoisotopic (exact) mass is 756 g/mol. The maximum absolute atomic E-state index is 12.7. The number of amides is 1. The number of para-hydroxylation sites is 1. The van der Waals surface area contributed by atoms with E-state index in [-0.39, 0.29) is 10.8 Å². The van der Waals surface area contributed by atoms with Crippen molar-refractivity contribution >= 4 is 72.3 Å². The number of ether oxygens (including phenoxy) is 1. The summed E-state index contributed by atoms with van der Waals surface area (Å²) in [6, 6.07) is 26.5. The van der Waals surface area contributed by atoms with Crippen LogP contribution >= 0.6 is 0 Å². The molecule has 55 heavy (non-hydrogen) atoms. The third kappa shape index (κ3) is 8.53. The van der Waals surface area contributed by atoms with Gasteiger partial charge in [0.05, 0.1) is 29.9 Å². The van der Waals surface area contributed by atoms with Crippen LogP contribution in [-0.4, -0.2) is 31.1 Å². The molecule has 0 saturated carbocycles. The van der Waals surface area contributed by atoms with Crippen molar-refractivity contribution in [2.45, 2.75) is 32.6 Å². The zero-order valence-corrected chi connectivity index (χ0v) is 31.3. The van der Waals surface area contributed by atoms with Crippen LogP contribution in [0.5, 0.6) is 11.5 Å². The summed E-state index contributed by atoms with van der Waals surface area (Å²) in [5, 5.41) is 40.4. The van der Waals surface area contributed by atoms with Crippen LogP contribution in [0.3, 0.4) is 0 Å². The van der Waals surface area contributed by atoms with Gasteiger partial charge < -0.3 is 20.9 Å². The van der Waals surface area contributed by atoms with E-state index in [1.54, 1.807) is 50.4 Å². The molecule has 0 aliphatic heterocycles. The van der Waals surface area contributed by atoms with Crippen molar-refractivity contribution in [3.8, 4) is 11.5 Å². The average Bonchev–Trinajstić information content (AvgIpc) is 3.15. The number of carbonyl (C=O) groups excluding carboxylic acids is 1. The van der Waals surface area contributed by atoms with Crippen molar-refractivity contribution in [2.75, 3.05) is 18.2 Å². The normalized spacial score (nSPS) is 12.0. The average molecular weight is 757 g/mol. The third-order valence-electron chi connectivity index (χ3n) is 8.66. The number of anilines is 2. The summed E-state index contributed by atoms with van der Waals surface area (Å²) in [6.45, 7) is 7.40. The van der Waals surface area contributed by atoms with Gasteiger partial charge in [0.2, 0.25) is 0 Å². The largest absolute Gasteiger partial charge is 0.505 e. The smallest absolute Gasteiger partial charge is 0.296 e. The number of aryl methyl sites for hydroxylation is 4. The van der Waals surface area contributed by atoms with Crippen LogP contribution in [0.4, 0.5) is 45.5 Å². The lowest BCUT2D eigenvalue weighted by Crippen LogP contribution is -2.11. The van der Waals surface area contributed by atoms with Gasteiger partial charge in [-0.3, -0.25) is 9.35 Å². The summed E-state index contributed by atoms with van der Waals surface area (Å²) in [6.07, 6.45) is 0. The van der Waals surface area contributed by atoms with Crippen LogP contribution in [0.1, 0.15) is 32.6 Å². The van der Waals surface area contributed by atoms with Gasteiger partial charge in [-0.25, -0.2) is 0 Å². The number of phenols is 1. The van der Waals surface area contributed by atoms with E-state index in [0.717, 1.165) is 17.2 Å². The standard InChI is InChI=1S/C40H36N8O6S/c1-22-17-33(23(2)16-32(22)44-43-31-8-6-7-9-36(31)54-5)45-46-34-18-25(4)35(19-24(34)3)47-48-38-37(55(51,52)53)21-27-20-29(14-15-30(27)39(38)49)42-40(50)26-10-12-28(41)13-11-26/h6-21,49H,41H2,1-5H3,(H,42,50)(H,51,52,53). The van der Waals surface area contributed by atoms with Gasteiger partial charge in [0.15, 0.2) is 5.75 Å². The number of nitrogens with zero attached hydrogens (tertiary/aromatic N) is 6. The molecule has 0 aliphatic rings. The Hall–Kier alpha value is -6.84. The molecule has 0 saturated heterocycles. The molecule has 0 spiro atoms. The van der Waals surface area contributed by atoms with E-state index in [4.69, 9.17) is 10.5 Å². The number of aromatic hydroxyl groups is 1. The molecule has 6 aromatic carbocycles. The molecule has 5 N–H and O–H groups in total. The number of fused-ring (bicyclic) bond motifs is 1. The van der Waals surface area contributed by atoms with Gasteiger partial charge >= 0.3 is 0 Å². The first-order valence-corrected chi connectivity index (χ1v) is 18.2. The number of hydrogen-bond acceptors (Lipinski definition) is 12. The lowest BCUT2D eigenvalue weighted by Gasteiger charge is -2.11. The molecule has 0 aromatic heterocycles. The van der Waals surface area contributed by atoms with E-state index in [1.165, 1.54) is 18.2 Å². The summed E-state index contributed by atoms with van der Waals surface area (Å²) < 4.78 is 40.5. The highest BCUT2D eigenvalue weighted by Gasteiger charge is 2.23. The maximum Gasteiger partial charge on any atom is 0.296 e. The van der Waals surface area contributed by atoms with Crippen molar-refractivity contribution in [1.29, 1.82) is 0 Å². The highest BCUT2D eigenvalue weighted by Crippen LogP contribution is 2.43. The van der Waals surface area contributed by atoms with Crippen LogP contribution in [0.2, 0.25) is 0 Å². The van der Waals surface area contributed by atoms with E-state index < -0.39 is 32.4 Å². The van der Waals surface area contributed by atoms with E-state index in [9.17, 15) is 22.9 Å². The molecule has 15 heteroatoms. The SMILES string of the molecule is COc1ccccc1N=Nc1cc(C)c(N=Nc2cc(C)c(N=Nc3c(S(=O)(=O)O)cc4cc(NC(=O)c5ccc(N)cc5)ccc4c3O)cc2C)cc1C. The zero-order chi connectivity index (χ0) is 39.4. The Labute approximate surface area is 316 Å². The number of methoxy groups -OCH3 is 1. The van der Waals surface area contributed by atoms with E-state index in [2.05, 4.69) is 36.0 Å². The van der Waals surface area contributed by atoms with Gasteiger partial charge in [0.25, 0.3) is 16.0 Å². The van der Waals surface area contributed by atoms with E-state index in [1.807, 2.05) is 57.2 Å². The highest BCUT2D eigenvalue weighted by atomic mass is 32.2. The van der Waals surface area contributed by atoms with Gasteiger partial charge in [0, 0.05) is 22.3 Å². The number of rotatable bonds is 10. The summed E-state index contributed by atoms with van der Waals surface area (Å²) >= 11 is 0. The number of carbonyl (C=O) groups is 1. The number of nitrogens with two attached hydrogens (primary N) is 1. The van der Waals surface area contributed by atoms with Crippen molar-refractivity contribution in [1.82, 2.24) is 0 Å².